The van der Waals surface area contributed by atoms with Crippen LogP contribution in [0.15, 0.2) is 18.3 Å². The predicted molar refractivity (Wildman–Crippen MR) is 58.0 cm³/mol. The molecular weight excluding hydrogens is 174 g/mol. The molecule has 1 N–H and O–H groups in total. The summed E-state index contributed by atoms with van der Waals surface area (Å²) in [5.74, 6) is 0. The summed E-state index contributed by atoms with van der Waals surface area (Å²) in [7, 11) is 0. The first-order chi connectivity index (χ1) is 6.38. The molecule has 0 radical (unpaired) electrons. The Morgan fingerprint density at radius 3 is 2.43 bits per heavy atom. The van der Waals surface area contributed by atoms with Crippen LogP contribution in [-0.4, -0.2) is 10.1 Å². The zero-order valence-corrected chi connectivity index (χ0v) is 9.41. The van der Waals surface area contributed by atoms with Crippen LogP contribution in [0.1, 0.15) is 44.6 Å². The Morgan fingerprint density at radius 1 is 1.36 bits per heavy atom. The lowest BCUT2D eigenvalue weighted by molar-refractivity contribution is 0.122. The maximum atomic E-state index is 9.91. The van der Waals surface area contributed by atoms with Gasteiger partial charge < -0.3 is 5.11 Å². The summed E-state index contributed by atoms with van der Waals surface area (Å²) in [5.41, 5.74) is 2.03. The molecule has 14 heavy (non-hydrogen) atoms. The molecular formula is C12H19NO. The van der Waals surface area contributed by atoms with Gasteiger partial charge in [0.05, 0.1) is 6.10 Å². The minimum absolute atomic E-state index is 0.143. The van der Waals surface area contributed by atoms with Gasteiger partial charge in [0.1, 0.15) is 0 Å². The Kier molecular flexibility index (Phi) is 3.27. The molecule has 1 atom stereocenters. The molecule has 2 nitrogen and oxygen atoms in total. The van der Waals surface area contributed by atoms with Gasteiger partial charge in [0.2, 0.25) is 0 Å². The van der Waals surface area contributed by atoms with Crippen LogP contribution >= 0.6 is 0 Å². The SMILES string of the molecule is Cc1ccc(C(O)CC(C)(C)C)cn1. The number of pyridine rings is 1. The highest BCUT2D eigenvalue weighted by Crippen LogP contribution is 2.28. The van der Waals surface area contributed by atoms with Crippen molar-refractivity contribution in [2.45, 2.75) is 40.2 Å². The van der Waals surface area contributed by atoms with E-state index in [1.54, 1.807) is 6.20 Å². The summed E-state index contributed by atoms with van der Waals surface area (Å²) < 4.78 is 0. The Bertz CT molecular complexity index is 284. The van der Waals surface area contributed by atoms with Gasteiger partial charge >= 0.3 is 0 Å². The van der Waals surface area contributed by atoms with E-state index in [0.29, 0.717) is 0 Å². The van der Waals surface area contributed by atoms with Crippen LogP contribution < -0.4 is 0 Å². The topological polar surface area (TPSA) is 33.1 Å². The minimum Gasteiger partial charge on any atom is -0.388 e. The second-order valence-corrected chi connectivity index (χ2v) is 5.01. The Hall–Kier alpha value is -0.890. The summed E-state index contributed by atoms with van der Waals surface area (Å²) in [4.78, 5) is 4.17. The summed E-state index contributed by atoms with van der Waals surface area (Å²) in [6, 6.07) is 3.87. The smallest absolute Gasteiger partial charge is 0.0809 e. The van der Waals surface area contributed by atoms with Crippen LogP contribution in [0.2, 0.25) is 0 Å². The lowest BCUT2D eigenvalue weighted by atomic mass is 9.87. The molecule has 0 aliphatic rings. The predicted octanol–water partition coefficient (Wildman–Crippen LogP) is 2.86. The van der Waals surface area contributed by atoms with Gasteiger partial charge in [0, 0.05) is 11.9 Å². The zero-order chi connectivity index (χ0) is 10.8. The van der Waals surface area contributed by atoms with E-state index in [0.717, 1.165) is 17.7 Å². The van der Waals surface area contributed by atoms with Crippen molar-refractivity contribution in [1.29, 1.82) is 0 Å². The highest BCUT2D eigenvalue weighted by Gasteiger charge is 2.17. The second-order valence-electron chi connectivity index (χ2n) is 5.01. The summed E-state index contributed by atoms with van der Waals surface area (Å²) in [6.45, 7) is 8.31. The monoisotopic (exact) mass is 193 g/mol. The fourth-order valence-corrected chi connectivity index (χ4v) is 1.37. The van der Waals surface area contributed by atoms with Crippen LogP contribution in [0.3, 0.4) is 0 Å². The van der Waals surface area contributed by atoms with Gasteiger partial charge in [-0.2, -0.15) is 0 Å². The number of rotatable bonds is 2. The van der Waals surface area contributed by atoms with Crippen LogP contribution in [-0.2, 0) is 0 Å². The Labute approximate surface area is 86.0 Å². The maximum absolute atomic E-state index is 9.91. The van der Waals surface area contributed by atoms with Crippen molar-refractivity contribution in [3.05, 3.63) is 29.6 Å². The molecule has 1 aromatic heterocycles. The van der Waals surface area contributed by atoms with Gasteiger partial charge in [-0.3, -0.25) is 4.98 Å². The third-order valence-corrected chi connectivity index (χ3v) is 2.12. The van der Waals surface area contributed by atoms with Gasteiger partial charge in [-0.25, -0.2) is 0 Å². The third-order valence-electron chi connectivity index (χ3n) is 2.12. The standard InChI is InChI=1S/C12H19NO/c1-9-5-6-10(8-13-9)11(14)7-12(2,3)4/h5-6,8,11,14H,7H2,1-4H3. The summed E-state index contributed by atoms with van der Waals surface area (Å²) >= 11 is 0. The Balaban J connectivity index is 2.70. The molecule has 0 aliphatic carbocycles. The van der Waals surface area contributed by atoms with Crippen LogP contribution in [0.4, 0.5) is 0 Å². The fourth-order valence-electron chi connectivity index (χ4n) is 1.37. The number of aliphatic hydroxyl groups is 1. The first-order valence-electron chi connectivity index (χ1n) is 4.99. The molecule has 0 spiro atoms. The van der Waals surface area contributed by atoms with E-state index < -0.39 is 6.10 Å². The van der Waals surface area contributed by atoms with E-state index in [2.05, 4.69) is 25.8 Å². The van der Waals surface area contributed by atoms with Gasteiger partial charge in [-0.05, 0) is 30.4 Å². The average Bonchev–Trinajstić information content (AvgIpc) is 2.02. The van der Waals surface area contributed by atoms with Gasteiger partial charge in [-0.1, -0.05) is 26.8 Å². The van der Waals surface area contributed by atoms with Gasteiger partial charge in [-0.15, -0.1) is 0 Å². The van der Waals surface area contributed by atoms with Crippen molar-refractivity contribution < 1.29 is 5.11 Å². The summed E-state index contributed by atoms with van der Waals surface area (Å²) in [6.07, 6.45) is 2.12. The molecule has 1 aromatic rings. The number of aromatic nitrogens is 1. The lowest BCUT2D eigenvalue weighted by Gasteiger charge is -2.22. The van der Waals surface area contributed by atoms with Crippen molar-refractivity contribution in [2.75, 3.05) is 0 Å². The molecule has 1 rings (SSSR count). The first-order valence-corrected chi connectivity index (χ1v) is 4.99. The highest BCUT2D eigenvalue weighted by molar-refractivity contribution is 5.15. The lowest BCUT2D eigenvalue weighted by Crippen LogP contribution is -2.11. The molecule has 0 amide bonds. The largest absolute Gasteiger partial charge is 0.388 e. The van der Waals surface area contributed by atoms with Crippen molar-refractivity contribution >= 4 is 0 Å². The van der Waals surface area contributed by atoms with Crippen molar-refractivity contribution in [1.82, 2.24) is 4.98 Å². The normalized spacial score (nSPS) is 14.1. The molecule has 1 heterocycles. The molecule has 0 aromatic carbocycles. The van der Waals surface area contributed by atoms with Crippen LogP contribution in [0.25, 0.3) is 0 Å². The van der Waals surface area contributed by atoms with E-state index in [9.17, 15) is 5.11 Å². The summed E-state index contributed by atoms with van der Waals surface area (Å²) in [5, 5.41) is 9.91. The van der Waals surface area contributed by atoms with Crippen LogP contribution in [0.5, 0.6) is 0 Å². The molecule has 2 heteroatoms. The maximum Gasteiger partial charge on any atom is 0.0809 e. The quantitative estimate of drug-likeness (QED) is 0.783. The van der Waals surface area contributed by atoms with E-state index in [1.807, 2.05) is 19.1 Å². The van der Waals surface area contributed by atoms with Crippen molar-refractivity contribution in [3.8, 4) is 0 Å². The average molecular weight is 193 g/mol. The third kappa shape index (κ3) is 3.46. The molecule has 0 saturated heterocycles. The first kappa shape index (κ1) is 11.2. The molecule has 0 bridgehead atoms. The number of aliphatic hydroxyl groups excluding tert-OH is 1. The number of aryl methyl sites for hydroxylation is 1. The van der Waals surface area contributed by atoms with E-state index in [-0.39, 0.29) is 5.41 Å². The Morgan fingerprint density at radius 2 is 2.00 bits per heavy atom. The molecule has 0 fully saturated rings. The molecule has 1 unspecified atom stereocenters. The number of hydrogen-bond acceptors (Lipinski definition) is 2. The van der Waals surface area contributed by atoms with Gasteiger partial charge in [0.25, 0.3) is 0 Å². The van der Waals surface area contributed by atoms with E-state index in [4.69, 9.17) is 0 Å². The zero-order valence-electron chi connectivity index (χ0n) is 9.41. The highest BCUT2D eigenvalue weighted by atomic mass is 16.3. The van der Waals surface area contributed by atoms with Crippen LogP contribution in [0, 0.1) is 12.3 Å². The second kappa shape index (κ2) is 4.09. The molecule has 0 aliphatic heterocycles. The molecule has 0 saturated carbocycles. The fraction of sp³-hybridized carbons (Fsp3) is 0.583. The van der Waals surface area contributed by atoms with E-state index in [1.165, 1.54) is 0 Å². The minimum atomic E-state index is -0.400. The van der Waals surface area contributed by atoms with Crippen molar-refractivity contribution in [3.63, 3.8) is 0 Å². The van der Waals surface area contributed by atoms with Crippen molar-refractivity contribution in [2.24, 2.45) is 5.41 Å². The number of hydrogen-bond donors (Lipinski definition) is 1. The van der Waals surface area contributed by atoms with E-state index >= 15 is 0 Å². The van der Waals surface area contributed by atoms with Gasteiger partial charge in [0.15, 0.2) is 0 Å². The number of nitrogens with zero attached hydrogens (tertiary/aromatic N) is 1. The molecule has 78 valence electrons.